The summed E-state index contributed by atoms with van der Waals surface area (Å²) in [5, 5.41) is 8.89. The van der Waals surface area contributed by atoms with E-state index in [2.05, 4.69) is 0 Å². The molecule has 0 N–H and O–H groups in total. The second kappa shape index (κ2) is 16.0. The minimum absolute atomic E-state index is 0. The van der Waals surface area contributed by atoms with Gasteiger partial charge in [-0.2, -0.15) is 0 Å². The van der Waals surface area contributed by atoms with Crippen LogP contribution in [0.4, 0.5) is 0 Å². The van der Waals surface area contributed by atoms with E-state index in [1.807, 2.05) is 0 Å². The van der Waals surface area contributed by atoms with Crippen LogP contribution in [0.5, 0.6) is 0 Å². The van der Waals surface area contributed by atoms with Crippen LogP contribution in [0.15, 0.2) is 0 Å². The quantitative estimate of drug-likeness (QED) is 0.359. The third kappa shape index (κ3) is 423. The first-order valence-corrected chi connectivity index (χ1v) is 0.908. The van der Waals surface area contributed by atoms with Crippen molar-refractivity contribution in [1.82, 2.24) is 0 Å². The molecule has 5 heteroatoms. The van der Waals surface area contributed by atoms with Gasteiger partial charge in [0, 0.05) is 5.97 Å². The fraction of sp³-hybridized carbons (Fsp3) is 0.500. The fourth-order valence-electron chi connectivity index (χ4n) is 0. The molecular weight excluding hydrogens is 190 g/mol. The van der Waals surface area contributed by atoms with E-state index in [-0.39, 0.29) is 41.9 Å². The minimum atomic E-state index is -1.08. The van der Waals surface area contributed by atoms with Crippen molar-refractivity contribution in [2.75, 3.05) is 0 Å². The van der Waals surface area contributed by atoms with Crippen molar-refractivity contribution >= 4 is 5.97 Å². The second-order valence-corrected chi connectivity index (χ2v) is 0.492. The maximum absolute atomic E-state index is 8.89. The first-order chi connectivity index (χ1) is 1.73. The van der Waals surface area contributed by atoms with E-state index < -0.39 is 5.97 Å². The molecule has 0 radical (unpaired) electrons. The molecule has 0 aliphatic rings. The van der Waals surface area contributed by atoms with Crippen LogP contribution in [0.2, 0.25) is 0 Å². The molecular formula is C2H3Cl2CuO2. The summed E-state index contributed by atoms with van der Waals surface area (Å²) in [6.07, 6.45) is 0. The summed E-state index contributed by atoms with van der Waals surface area (Å²) in [5.74, 6) is -1.08. The van der Waals surface area contributed by atoms with E-state index in [1.54, 1.807) is 0 Å². The molecule has 48 valence electrons. The Balaban J connectivity index is -0.0000000150. The van der Waals surface area contributed by atoms with Gasteiger partial charge in [-0.3, -0.25) is 0 Å². The molecule has 0 bridgehead atoms. The van der Waals surface area contributed by atoms with Crippen LogP contribution in [0.3, 0.4) is 0 Å². The molecule has 0 rings (SSSR count). The van der Waals surface area contributed by atoms with Gasteiger partial charge in [-0.25, -0.2) is 0 Å². The molecule has 0 aromatic rings. The second-order valence-electron chi connectivity index (χ2n) is 0.492. The zero-order valence-corrected chi connectivity index (χ0v) is 5.83. The number of carboxylic acids is 1. The van der Waals surface area contributed by atoms with Crippen LogP contribution >= 0.6 is 0 Å². The summed E-state index contributed by atoms with van der Waals surface area (Å²) < 4.78 is 0. The molecule has 0 atom stereocenters. The number of rotatable bonds is 0. The third-order valence-corrected chi connectivity index (χ3v) is 0. The van der Waals surface area contributed by atoms with Gasteiger partial charge < -0.3 is 34.7 Å². The molecule has 7 heavy (non-hydrogen) atoms. The number of halogens is 2. The van der Waals surface area contributed by atoms with E-state index in [0.29, 0.717) is 0 Å². The van der Waals surface area contributed by atoms with Crippen molar-refractivity contribution < 1.29 is 51.8 Å². The first kappa shape index (κ1) is 25.6. The molecule has 0 fully saturated rings. The Morgan fingerprint density at radius 1 is 1.43 bits per heavy atom. The van der Waals surface area contributed by atoms with E-state index in [1.165, 1.54) is 0 Å². The predicted molar refractivity (Wildman–Crippen MR) is 10.7 cm³/mol. The van der Waals surface area contributed by atoms with Gasteiger partial charge in [0.05, 0.1) is 0 Å². The first-order valence-electron chi connectivity index (χ1n) is 0.908. The van der Waals surface area contributed by atoms with Gasteiger partial charge in [0.25, 0.3) is 0 Å². The molecule has 0 amide bonds. The number of carbonyl (C=O) groups excluding carboxylic acids is 1. The van der Waals surface area contributed by atoms with Crippen molar-refractivity contribution in [2.45, 2.75) is 6.92 Å². The summed E-state index contributed by atoms with van der Waals surface area (Å²) in [4.78, 5) is 8.89. The zero-order valence-electron chi connectivity index (χ0n) is 3.37. The normalized spacial score (nSPS) is 3.57. The van der Waals surface area contributed by atoms with Crippen molar-refractivity contribution in [3.63, 3.8) is 0 Å². The Kier molecular flexibility index (Phi) is 58.6. The van der Waals surface area contributed by atoms with Gasteiger partial charge in [0.1, 0.15) is 0 Å². The Hall–Kier alpha value is 0.569. The topological polar surface area (TPSA) is 40.1 Å². The van der Waals surface area contributed by atoms with Gasteiger partial charge in [-0.05, 0) is 6.92 Å². The van der Waals surface area contributed by atoms with E-state index in [4.69, 9.17) is 9.90 Å². The maximum Gasteiger partial charge on any atom is 3.00 e. The Labute approximate surface area is 65.0 Å². The van der Waals surface area contributed by atoms with Gasteiger partial charge in [-0.15, -0.1) is 0 Å². The largest absolute Gasteiger partial charge is 3.00 e. The fourth-order valence-corrected chi connectivity index (χ4v) is 0. The Morgan fingerprint density at radius 3 is 1.43 bits per heavy atom. The smallest absolute Gasteiger partial charge is 1.00 e. The number of carbonyl (C=O) groups is 1. The van der Waals surface area contributed by atoms with Gasteiger partial charge in [0.2, 0.25) is 0 Å². The van der Waals surface area contributed by atoms with Crippen LogP contribution in [0.1, 0.15) is 6.92 Å². The standard InChI is InChI=1S/C2H4O2.2ClH.Cu/c1-2(3)4;;;/h1H3,(H,3,4);2*1H;/q;;;+3/p-3. The summed E-state index contributed by atoms with van der Waals surface area (Å²) in [7, 11) is 0. The molecule has 0 spiro atoms. The van der Waals surface area contributed by atoms with Gasteiger partial charge in [0.15, 0.2) is 0 Å². The number of hydrogen-bond acceptors (Lipinski definition) is 2. The maximum atomic E-state index is 8.89. The van der Waals surface area contributed by atoms with Crippen molar-refractivity contribution in [3.05, 3.63) is 0 Å². The van der Waals surface area contributed by atoms with E-state index >= 15 is 0 Å². The Bertz CT molecular complexity index is 36.7. The van der Waals surface area contributed by atoms with Crippen molar-refractivity contribution in [2.24, 2.45) is 0 Å². The third-order valence-electron chi connectivity index (χ3n) is 0. The molecule has 2 nitrogen and oxygen atoms in total. The van der Waals surface area contributed by atoms with E-state index in [0.717, 1.165) is 6.92 Å². The van der Waals surface area contributed by atoms with Crippen LogP contribution in [-0.2, 0) is 21.9 Å². The Morgan fingerprint density at radius 2 is 1.43 bits per heavy atom. The molecule has 0 aromatic carbocycles. The number of hydrogen-bond donors (Lipinski definition) is 0. The molecule has 0 unspecified atom stereocenters. The van der Waals surface area contributed by atoms with Gasteiger partial charge >= 0.3 is 17.1 Å². The molecule has 0 aliphatic heterocycles. The number of aliphatic carboxylic acids is 1. The summed E-state index contributed by atoms with van der Waals surface area (Å²) in [6, 6.07) is 0. The zero-order chi connectivity index (χ0) is 3.58. The molecule has 0 aliphatic carbocycles. The average molecular weight is 193 g/mol. The monoisotopic (exact) mass is 192 g/mol. The molecule has 0 saturated heterocycles. The summed E-state index contributed by atoms with van der Waals surface area (Å²) >= 11 is 0. The predicted octanol–water partition coefficient (Wildman–Crippen LogP) is -7.24. The van der Waals surface area contributed by atoms with Crippen LogP contribution < -0.4 is 29.9 Å². The summed E-state index contributed by atoms with van der Waals surface area (Å²) in [5.41, 5.74) is 0. The van der Waals surface area contributed by atoms with Crippen molar-refractivity contribution in [1.29, 1.82) is 0 Å². The molecule has 0 heterocycles. The summed E-state index contributed by atoms with van der Waals surface area (Å²) in [6.45, 7) is 0.972. The van der Waals surface area contributed by atoms with Crippen LogP contribution in [-0.4, -0.2) is 5.97 Å². The van der Waals surface area contributed by atoms with Crippen molar-refractivity contribution in [3.8, 4) is 0 Å². The van der Waals surface area contributed by atoms with E-state index in [9.17, 15) is 0 Å². The average Bonchev–Trinajstić information content (AvgIpc) is 0.811. The molecule has 0 saturated carbocycles. The number of carboxylic acid groups (broad SMARTS) is 1. The van der Waals surface area contributed by atoms with Crippen LogP contribution in [0, 0.1) is 0 Å². The minimum Gasteiger partial charge on any atom is -1.00 e. The SMILES string of the molecule is CC(=O)[O-].[Cl-].[Cl-].[Cu+3]. The van der Waals surface area contributed by atoms with Crippen LogP contribution in [0.25, 0.3) is 0 Å². The molecule has 0 aromatic heterocycles. The van der Waals surface area contributed by atoms with Gasteiger partial charge in [-0.1, -0.05) is 0 Å².